The van der Waals surface area contributed by atoms with Crippen molar-refractivity contribution < 1.29 is 14.3 Å². The van der Waals surface area contributed by atoms with Gasteiger partial charge in [-0.3, -0.25) is 14.6 Å². The van der Waals surface area contributed by atoms with Crippen LogP contribution >= 0.6 is 0 Å². The molecule has 182 valence electrons. The van der Waals surface area contributed by atoms with Crippen LogP contribution in [0.4, 0.5) is 4.79 Å². The van der Waals surface area contributed by atoms with Crippen LogP contribution in [0, 0.1) is 0 Å². The average Bonchev–Trinajstić information content (AvgIpc) is 3.29. The van der Waals surface area contributed by atoms with E-state index in [2.05, 4.69) is 11.6 Å². The fraction of sp³-hybridized carbons (Fsp3) is 0.357. The molecule has 0 radical (unpaired) electrons. The van der Waals surface area contributed by atoms with Crippen LogP contribution < -0.4 is 4.74 Å². The van der Waals surface area contributed by atoms with Gasteiger partial charge in [-0.15, -0.1) is 6.58 Å². The molecule has 2 aliphatic heterocycles. The molecule has 3 heterocycles. The van der Waals surface area contributed by atoms with Crippen LogP contribution in [0.25, 0.3) is 10.9 Å². The summed E-state index contributed by atoms with van der Waals surface area (Å²) < 4.78 is 5.76. The predicted octanol–water partition coefficient (Wildman–Crippen LogP) is 4.35. The summed E-state index contributed by atoms with van der Waals surface area (Å²) >= 11 is 0. The highest BCUT2D eigenvalue weighted by atomic mass is 16.5. The number of fused-ring (bicyclic) bond motifs is 4. The fourth-order valence-corrected chi connectivity index (χ4v) is 5.51. The molecule has 1 fully saturated rings. The van der Waals surface area contributed by atoms with Crippen LogP contribution in [0.5, 0.6) is 5.75 Å². The molecule has 0 bridgehead atoms. The van der Waals surface area contributed by atoms with Crippen LogP contribution in [0.1, 0.15) is 36.7 Å². The lowest BCUT2D eigenvalue weighted by Crippen LogP contribution is -2.53. The number of imide groups is 1. The second-order valence-corrected chi connectivity index (χ2v) is 9.58. The summed E-state index contributed by atoms with van der Waals surface area (Å²) in [5.41, 5.74) is 3.01. The van der Waals surface area contributed by atoms with Gasteiger partial charge in [0, 0.05) is 42.7 Å². The number of aromatic amines is 1. The Hall–Kier alpha value is -3.58. The number of carbonyl (C=O) groups is 2. The number of urea groups is 1. The zero-order valence-corrected chi connectivity index (χ0v) is 20.6. The number of ether oxygens (including phenoxy) is 1. The Balaban J connectivity index is 1.62. The Morgan fingerprint density at radius 3 is 2.71 bits per heavy atom. The van der Waals surface area contributed by atoms with E-state index >= 15 is 0 Å². The number of carbonyl (C=O) groups excluding carboxylic acids is 2. The smallest absolute Gasteiger partial charge is 0.328 e. The van der Waals surface area contributed by atoms with Gasteiger partial charge in [-0.05, 0) is 50.2 Å². The van der Waals surface area contributed by atoms with Crippen molar-refractivity contribution in [3.8, 4) is 5.75 Å². The van der Waals surface area contributed by atoms with Gasteiger partial charge in [-0.1, -0.05) is 36.4 Å². The van der Waals surface area contributed by atoms with Gasteiger partial charge in [-0.2, -0.15) is 0 Å². The normalized spacial score (nSPS) is 21.5. The van der Waals surface area contributed by atoms with E-state index in [9.17, 15) is 9.59 Å². The first-order valence-electron chi connectivity index (χ1n) is 12.2. The molecule has 35 heavy (non-hydrogen) atoms. The summed E-state index contributed by atoms with van der Waals surface area (Å²) in [5.74, 6) is 0.655. The third-order valence-electron chi connectivity index (χ3n) is 7.21. The van der Waals surface area contributed by atoms with Gasteiger partial charge in [0.15, 0.2) is 0 Å². The molecule has 1 saturated heterocycles. The van der Waals surface area contributed by atoms with Gasteiger partial charge in [0.25, 0.3) is 5.91 Å². The van der Waals surface area contributed by atoms with Crippen molar-refractivity contribution in [3.05, 3.63) is 78.0 Å². The number of nitrogens with zero attached hydrogens (tertiary/aromatic N) is 3. The van der Waals surface area contributed by atoms with Crippen molar-refractivity contribution in [2.75, 3.05) is 33.3 Å². The Morgan fingerprint density at radius 2 is 2.00 bits per heavy atom. The quantitative estimate of drug-likeness (QED) is 0.391. The Bertz CT molecular complexity index is 1280. The number of hydrogen-bond donors (Lipinski definition) is 1. The fourth-order valence-electron chi connectivity index (χ4n) is 5.51. The van der Waals surface area contributed by atoms with Crippen LogP contribution in [0.15, 0.2) is 61.2 Å². The molecular weight excluding hydrogens is 440 g/mol. The predicted molar refractivity (Wildman–Crippen MR) is 137 cm³/mol. The maximum Gasteiger partial charge on any atom is 0.328 e. The van der Waals surface area contributed by atoms with E-state index in [4.69, 9.17) is 4.74 Å². The van der Waals surface area contributed by atoms with E-state index in [1.165, 1.54) is 4.90 Å². The highest BCUT2D eigenvalue weighted by Crippen LogP contribution is 2.48. The standard InChI is InChI=1S/C28H32N4O3/c1-5-14-30(4)15-16-31-26(33)28(3)18-22-21-17-20(35-6-2)12-13-23(21)29-24(22)25(32(28)27(31)34)19-10-8-7-9-11-19/h5,7-13,17,25,29H,1,6,14-16,18H2,2-4H3/t25-,28+/m1/s1. The molecule has 5 rings (SSSR count). The van der Waals surface area contributed by atoms with Gasteiger partial charge in [0.05, 0.1) is 6.61 Å². The molecule has 0 unspecified atom stereocenters. The van der Waals surface area contributed by atoms with E-state index < -0.39 is 5.54 Å². The number of hydrogen-bond acceptors (Lipinski definition) is 4. The third-order valence-corrected chi connectivity index (χ3v) is 7.21. The van der Waals surface area contributed by atoms with Crippen LogP contribution in [-0.2, 0) is 11.2 Å². The summed E-state index contributed by atoms with van der Waals surface area (Å²) in [6.07, 6.45) is 2.27. The highest BCUT2D eigenvalue weighted by Gasteiger charge is 2.60. The third kappa shape index (κ3) is 3.71. The molecule has 0 saturated carbocycles. The first-order valence-corrected chi connectivity index (χ1v) is 12.2. The Morgan fingerprint density at radius 1 is 1.23 bits per heavy atom. The Labute approximate surface area is 206 Å². The molecule has 0 spiro atoms. The molecule has 2 aliphatic rings. The van der Waals surface area contributed by atoms with Crippen LogP contribution in [0.3, 0.4) is 0 Å². The van der Waals surface area contributed by atoms with Crippen LogP contribution in [0.2, 0.25) is 0 Å². The second-order valence-electron chi connectivity index (χ2n) is 9.58. The van der Waals surface area contributed by atoms with Gasteiger partial charge in [0.2, 0.25) is 0 Å². The van der Waals surface area contributed by atoms with Crippen molar-refractivity contribution in [2.45, 2.75) is 31.8 Å². The summed E-state index contributed by atoms with van der Waals surface area (Å²) in [7, 11) is 1.96. The number of amides is 3. The number of likely N-dealkylation sites (N-methyl/N-ethyl adjacent to an activating group) is 1. The van der Waals surface area contributed by atoms with Crippen molar-refractivity contribution in [1.82, 2.24) is 19.7 Å². The number of H-pyrrole nitrogens is 1. The zero-order chi connectivity index (χ0) is 24.7. The number of rotatable bonds is 8. The van der Waals surface area contributed by atoms with E-state index in [-0.39, 0.29) is 18.0 Å². The van der Waals surface area contributed by atoms with Gasteiger partial charge in [0.1, 0.15) is 17.3 Å². The minimum Gasteiger partial charge on any atom is -0.494 e. The van der Waals surface area contributed by atoms with Gasteiger partial charge >= 0.3 is 6.03 Å². The molecule has 3 aromatic rings. The monoisotopic (exact) mass is 472 g/mol. The second kappa shape index (κ2) is 8.89. The largest absolute Gasteiger partial charge is 0.494 e. The van der Waals surface area contributed by atoms with Crippen LogP contribution in [-0.4, -0.2) is 70.4 Å². The topological polar surface area (TPSA) is 68.9 Å². The lowest BCUT2D eigenvalue weighted by Gasteiger charge is -2.42. The zero-order valence-electron chi connectivity index (χ0n) is 20.6. The van der Waals surface area contributed by atoms with Gasteiger partial charge in [-0.25, -0.2) is 4.79 Å². The molecule has 3 amide bonds. The molecule has 7 heteroatoms. The Kier molecular flexibility index (Phi) is 5.89. The molecule has 7 nitrogen and oxygen atoms in total. The maximum atomic E-state index is 13.8. The first-order chi connectivity index (χ1) is 16.9. The number of aromatic nitrogens is 1. The van der Waals surface area contributed by atoms with Crippen molar-refractivity contribution in [1.29, 1.82) is 0 Å². The lowest BCUT2D eigenvalue weighted by atomic mass is 9.81. The molecule has 2 aromatic carbocycles. The van der Waals surface area contributed by atoms with Crippen molar-refractivity contribution in [3.63, 3.8) is 0 Å². The SMILES string of the molecule is C=CCN(C)CCN1C(=O)N2[C@H](c3ccccc3)c3[nH]c4ccc(OCC)cc4c3C[C@@]2(C)C1=O. The van der Waals surface area contributed by atoms with E-state index in [0.29, 0.717) is 32.7 Å². The van der Waals surface area contributed by atoms with Crippen molar-refractivity contribution >= 4 is 22.8 Å². The summed E-state index contributed by atoms with van der Waals surface area (Å²) in [5, 5.41) is 1.04. The average molecular weight is 473 g/mol. The van der Waals surface area contributed by atoms with Gasteiger partial charge < -0.3 is 14.6 Å². The summed E-state index contributed by atoms with van der Waals surface area (Å²) in [4.78, 5) is 36.5. The number of benzene rings is 2. The first kappa shape index (κ1) is 23.2. The van der Waals surface area contributed by atoms with E-state index in [1.54, 1.807) is 4.90 Å². The molecule has 2 atom stereocenters. The minimum atomic E-state index is -0.974. The number of nitrogens with one attached hydrogen (secondary N) is 1. The van der Waals surface area contributed by atoms with E-state index in [0.717, 1.165) is 33.5 Å². The summed E-state index contributed by atoms with van der Waals surface area (Å²) in [6.45, 7) is 9.86. The molecule has 0 aliphatic carbocycles. The minimum absolute atomic E-state index is 0.142. The van der Waals surface area contributed by atoms with E-state index in [1.807, 2.05) is 80.4 Å². The van der Waals surface area contributed by atoms with Crippen molar-refractivity contribution in [2.24, 2.45) is 0 Å². The molecule has 1 aromatic heterocycles. The maximum absolute atomic E-state index is 13.8. The highest BCUT2D eigenvalue weighted by molar-refractivity contribution is 6.08. The summed E-state index contributed by atoms with van der Waals surface area (Å²) in [6, 6.07) is 15.3. The lowest BCUT2D eigenvalue weighted by molar-refractivity contribution is -0.133. The molecular formula is C28H32N4O3. The molecule has 1 N–H and O–H groups in total.